The zero-order valence-corrected chi connectivity index (χ0v) is 25.9. The molecule has 0 aliphatic heterocycles. The summed E-state index contributed by atoms with van der Waals surface area (Å²) in [6, 6.07) is 18.8. The zero-order chi connectivity index (χ0) is 30.8. The van der Waals surface area contributed by atoms with Gasteiger partial charge in [0.25, 0.3) is 5.91 Å². The molecule has 11 heteroatoms. The molecule has 0 saturated carbocycles. The minimum Gasteiger partial charge on any atom is -0.490 e. The van der Waals surface area contributed by atoms with Crippen molar-refractivity contribution in [2.24, 2.45) is 0 Å². The monoisotopic (exact) mass is 603 g/mol. The van der Waals surface area contributed by atoms with Crippen molar-refractivity contribution in [2.45, 2.75) is 46.3 Å². The molecule has 0 bridgehead atoms. The largest absolute Gasteiger partial charge is 0.490 e. The van der Waals surface area contributed by atoms with Crippen LogP contribution in [0.25, 0.3) is 5.69 Å². The smallest absolute Gasteiger partial charge is 0.251 e. The van der Waals surface area contributed by atoms with Crippen LogP contribution in [0.15, 0.2) is 65.8 Å². The van der Waals surface area contributed by atoms with Gasteiger partial charge in [0.2, 0.25) is 11.7 Å². The molecule has 226 valence electrons. The Balaban J connectivity index is 1.55. The molecule has 0 atom stereocenters. The normalized spacial score (nSPS) is 10.7. The average Bonchev–Trinajstić information content (AvgIpc) is 3.39. The van der Waals surface area contributed by atoms with E-state index in [0.29, 0.717) is 53.6 Å². The summed E-state index contributed by atoms with van der Waals surface area (Å²) in [5.41, 5.74) is 4.04. The van der Waals surface area contributed by atoms with Crippen LogP contribution in [-0.4, -0.2) is 52.2 Å². The highest BCUT2D eigenvalue weighted by Crippen LogP contribution is 2.39. The number of hydrogen-bond acceptors (Lipinski definition) is 8. The molecule has 0 radical (unpaired) electrons. The maximum atomic E-state index is 13.3. The van der Waals surface area contributed by atoms with Gasteiger partial charge < -0.3 is 24.8 Å². The predicted molar refractivity (Wildman–Crippen MR) is 168 cm³/mol. The standard InChI is InChI=1S/C32H37N5O5S/c1-6-40-26-17-23(18-27(41-7-2)30(26)42-8-3)31(39)33-19-28-35-36-32(37(28)25-14-10-12-22(5)16-25)43-20-29(38)34-24-13-9-11-21(4)15-24/h9-18H,6-8,19-20H2,1-5H3,(H,33,39)(H,34,38). The molecular weight excluding hydrogens is 566 g/mol. The number of benzene rings is 3. The maximum absolute atomic E-state index is 13.3. The van der Waals surface area contributed by atoms with E-state index in [-0.39, 0.29) is 24.1 Å². The summed E-state index contributed by atoms with van der Waals surface area (Å²) in [6.45, 7) is 10.9. The third-order valence-electron chi connectivity index (χ3n) is 6.17. The van der Waals surface area contributed by atoms with E-state index < -0.39 is 0 Å². The number of anilines is 1. The lowest BCUT2D eigenvalue weighted by Crippen LogP contribution is -2.25. The zero-order valence-electron chi connectivity index (χ0n) is 25.1. The van der Waals surface area contributed by atoms with Crippen LogP contribution < -0.4 is 24.8 Å². The van der Waals surface area contributed by atoms with Gasteiger partial charge in [0.15, 0.2) is 22.5 Å². The van der Waals surface area contributed by atoms with Gasteiger partial charge in [0.1, 0.15) is 0 Å². The number of nitrogens with zero attached hydrogens (tertiary/aromatic N) is 3. The lowest BCUT2D eigenvalue weighted by molar-refractivity contribution is -0.113. The van der Waals surface area contributed by atoms with Crippen molar-refractivity contribution >= 4 is 29.3 Å². The van der Waals surface area contributed by atoms with Gasteiger partial charge in [-0.25, -0.2) is 0 Å². The molecular formula is C32H37N5O5S. The van der Waals surface area contributed by atoms with Gasteiger partial charge in [0.05, 0.1) is 32.1 Å². The fraction of sp³-hybridized carbons (Fsp3) is 0.312. The minimum absolute atomic E-state index is 0.0942. The number of nitrogens with one attached hydrogen (secondary N) is 2. The second-order valence-corrected chi connectivity index (χ2v) is 10.5. The summed E-state index contributed by atoms with van der Waals surface area (Å²) in [7, 11) is 0. The highest BCUT2D eigenvalue weighted by molar-refractivity contribution is 7.99. The first-order chi connectivity index (χ1) is 20.8. The fourth-order valence-corrected chi connectivity index (χ4v) is 5.14. The molecule has 2 amide bonds. The molecule has 10 nitrogen and oxygen atoms in total. The second kappa shape index (κ2) is 15.1. The van der Waals surface area contributed by atoms with Crippen molar-refractivity contribution in [3.63, 3.8) is 0 Å². The van der Waals surface area contributed by atoms with Crippen molar-refractivity contribution < 1.29 is 23.8 Å². The number of thioether (sulfide) groups is 1. The first-order valence-corrected chi connectivity index (χ1v) is 15.2. The number of hydrogen-bond donors (Lipinski definition) is 2. The molecule has 0 saturated heterocycles. The molecule has 43 heavy (non-hydrogen) atoms. The highest BCUT2D eigenvalue weighted by Gasteiger charge is 2.21. The Kier molecular flexibility index (Phi) is 11.0. The third kappa shape index (κ3) is 8.29. The number of ether oxygens (including phenoxy) is 3. The van der Waals surface area contributed by atoms with E-state index in [0.717, 1.165) is 22.5 Å². The van der Waals surface area contributed by atoms with Crippen molar-refractivity contribution in [1.82, 2.24) is 20.1 Å². The molecule has 4 aromatic rings. The summed E-state index contributed by atoms with van der Waals surface area (Å²) in [6.07, 6.45) is 0. The molecule has 4 rings (SSSR count). The van der Waals surface area contributed by atoms with Crippen LogP contribution in [0, 0.1) is 13.8 Å². The fourth-order valence-electron chi connectivity index (χ4n) is 4.37. The Bertz CT molecular complexity index is 1540. The van der Waals surface area contributed by atoms with Crippen molar-refractivity contribution in [2.75, 3.05) is 30.9 Å². The highest BCUT2D eigenvalue weighted by atomic mass is 32.2. The predicted octanol–water partition coefficient (Wildman–Crippen LogP) is 5.74. The number of carbonyl (C=O) groups is 2. The maximum Gasteiger partial charge on any atom is 0.251 e. The van der Waals surface area contributed by atoms with Crippen LogP contribution in [0.3, 0.4) is 0 Å². The van der Waals surface area contributed by atoms with Gasteiger partial charge in [-0.3, -0.25) is 14.2 Å². The number of rotatable bonds is 14. The van der Waals surface area contributed by atoms with E-state index in [1.165, 1.54) is 11.8 Å². The van der Waals surface area contributed by atoms with Crippen LogP contribution in [0.2, 0.25) is 0 Å². The van der Waals surface area contributed by atoms with Gasteiger partial charge in [-0.2, -0.15) is 0 Å². The van der Waals surface area contributed by atoms with Crippen molar-refractivity contribution in [1.29, 1.82) is 0 Å². The number of carbonyl (C=O) groups excluding carboxylic acids is 2. The van der Waals surface area contributed by atoms with Crippen LogP contribution in [0.4, 0.5) is 5.69 Å². The van der Waals surface area contributed by atoms with E-state index in [1.54, 1.807) is 12.1 Å². The first kappa shape index (κ1) is 31.4. The van der Waals surface area contributed by atoms with Gasteiger partial charge in [-0.05, 0) is 82.1 Å². The lowest BCUT2D eigenvalue weighted by atomic mass is 10.1. The Morgan fingerprint density at radius 2 is 1.49 bits per heavy atom. The topological polar surface area (TPSA) is 117 Å². The van der Waals surface area contributed by atoms with E-state index in [9.17, 15) is 9.59 Å². The summed E-state index contributed by atoms with van der Waals surface area (Å²) < 4.78 is 19.1. The lowest BCUT2D eigenvalue weighted by Gasteiger charge is -2.17. The molecule has 0 unspecified atom stereocenters. The van der Waals surface area contributed by atoms with Crippen LogP contribution in [0.5, 0.6) is 17.2 Å². The molecule has 2 N–H and O–H groups in total. The van der Waals surface area contributed by atoms with E-state index >= 15 is 0 Å². The summed E-state index contributed by atoms with van der Waals surface area (Å²) in [4.78, 5) is 26.1. The first-order valence-electron chi connectivity index (χ1n) is 14.2. The van der Waals surface area contributed by atoms with Crippen LogP contribution in [0.1, 0.15) is 48.1 Å². The number of aromatic nitrogens is 3. The quantitative estimate of drug-likeness (QED) is 0.175. The Labute approximate surface area is 256 Å². The molecule has 1 heterocycles. The number of amides is 2. The third-order valence-corrected chi connectivity index (χ3v) is 7.10. The van der Waals surface area contributed by atoms with Crippen molar-refractivity contribution in [3.05, 3.63) is 83.2 Å². The summed E-state index contributed by atoms with van der Waals surface area (Å²) in [5.74, 6) is 1.50. The second-order valence-electron chi connectivity index (χ2n) is 9.56. The van der Waals surface area contributed by atoms with Gasteiger partial charge in [-0.1, -0.05) is 36.0 Å². The summed E-state index contributed by atoms with van der Waals surface area (Å²) >= 11 is 1.27. The van der Waals surface area contributed by atoms with E-state index in [2.05, 4.69) is 20.8 Å². The number of aryl methyl sites for hydroxylation is 2. The molecule has 3 aromatic carbocycles. The van der Waals surface area contributed by atoms with E-state index in [4.69, 9.17) is 14.2 Å². The van der Waals surface area contributed by atoms with E-state index in [1.807, 2.05) is 87.7 Å². The molecule has 0 aliphatic rings. The van der Waals surface area contributed by atoms with Gasteiger partial charge in [-0.15, -0.1) is 10.2 Å². The van der Waals surface area contributed by atoms with Crippen molar-refractivity contribution in [3.8, 4) is 22.9 Å². The van der Waals surface area contributed by atoms with Gasteiger partial charge in [0, 0.05) is 16.9 Å². The Morgan fingerprint density at radius 3 is 2.12 bits per heavy atom. The molecule has 0 aliphatic carbocycles. The molecule has 0 fully saturated rings. The minimum atomic E-state index is -0.338. The average molecular weight is 604 g/mol. The van der Waals surface area contributed by atoms with Crippen LogP contribution in [-0.2, 0) is 11.3 Å². The van der Waals surface area contributed by atoms with Gasteiger partial charge >= 0.3 is 0 Å². The molecule has 0 spiro atoms. The molecule has 1 aromatic heterocycles. The summed E-state index contributed by atoms with van der Waals surface area (Å²) in [5, 5.41) is 15.1. The Morgan fingerprint density at radius 1 is 0.837 bits per heavy atom. The van der Waals surface area contributed by atoms with Crippen LogP contribution >= 0.6 is 11.8 Å². The SMILES string of the molecule is CCOc1cc(C(=O)NCc2nnc(SCC(=O)Nc3cccc(C)c3)n2-c2cccc(C)c2)cc(OCC)c1OCC. The Hall–Kier alpha value is -4.51.